The lowest BCUT2D eigenvalue weighted by Gasteiger charge is -2.19. The molecule has 0 aliphatic rings. The van der Waals surface area contributed by atoms with Crippen molar-refractivity contribution in [2.24, 2.45) is 5.73 Å². The summed E-state index contributed by atoms with van der Waals surface area (Å²) in [5.74, 6) is 0.561. The highest BCUT2D eigenvalue weighted by atomic mass is 16.6. The Kier molecular flexibility index (Phi) is 5.47. The van der Waals surface area contributed by atoms with Gasteiger partial charge in [0, 0.05) is 19.2 Å². The molecule has 18 heavy (non-hydrogen) atoms. The fourth-order valence-corrected chi connectivity index (χ4v) is 1.39. The van der Waals surface area contributed by atoms with Crippen LogP contribution in [-0.4, -0.2) is 35.2 Å². The van der Waals surface area contributed by atoms with Crippen LogP contribution in [0.4, 0.5) is 11.5 Å². The van der Waals surface area contributed by atoms with Gasteiger partial charge in [-0.1, -0.05) is 0 Å². The SMILES string of the molecule is CC(C)OC(CN)CNc1ccc([N+](=O)[O-])cn1. The first kappa shape index (κ1) is 14.3. The van der Waals surface area contributed by atoms with Crippen LogP contribution in [0.25, 0.3) is 0 Å². The van der Waals surface area contributed by atoms with Crippen LogP contribution in [0.1, 0.15) is 13.8 Å². The Morgan fingerprint density at radius 1 is 1.56 bits per heavy atom. The zero-order valence-corrected chi connectivity index (χ0v) is 10.5. The zero-order valence-electron chi connectivity index (χ0n) is 10.5. The number of anilines is 1. The third-order valence-electron chi connectivity index (χ3n) is 2.20. The molecule has 0 aliphatic heterocycles. The minimum Gasteiger partial charge on any atom is -0.372 e. The average Bonchev–Trinajstić information content (AvgIpc) is 2.34. The molecule has 1 heterocycles. The van der Waals surface area contributed by atoms with Gasteiger partial charge in [0.2, 0.25) is 0 Å². The molecule has 7 nitrogen and oxygen atoms in total. The second kappa shape index (κ2) is 6.87. The molecule has 0 bridgehead atoms. The molecule has 0 radical (unpaired) electrons. The van der Waals surface area contributed by atoms with E-state index in [1.165, 1.54) is 12.3 Å². The number of hydrogen-bond donors (Lipinski definition) is 2. The summed E-state index contributed by atoms with van der Waals surface area (Å²) in [6.45, 7) is 4.79. The molecule has 100 valence electrons. The normalized spacial score (nSPS) is 12.4. The molecule has 7 heteroatoms. The largest absolute Gasteiger partial charge is 0.372 e. The van der Waals surface area contributed by atoms with Gasteiger partial charge in [0.1, 0.15) is 12.0 Å². The van der Waals surface area contributed by atoms with Crippen LogP contribution in [-0.2, 0) is 4.74 Å². The molecule has 1 aromatic heterocycles. The highest BCUT2D eigenvalue weighted by molar-refractivity contribution is 5.40. The number of hydrogen-bond acceptors (Lipinski definition) is 6. The van der Waals surface area contributed by atoms with Crippen molar-refractivity contribution in [3.63, 3.8) is 0 Å². The van der Waals surface area contributed by atoms with Crippen molar-refractivity contribution < 1.29 is 9.66 Å². The van der Waals surface area contributed by atoms with Crippen LogP contribution in [0.3, 0.4) is 0 Å². The second-order valence-corrected chi connectivity index (χ2v) is 4.08. The van der Waals surface area contributed by atoms with Gasteiger partial charge >= 0.3 is 0 Å². The van der Waals surface area contributed by atoms with E-state index >= 15 is 0 Å². The Balaban J connectivity index is 2.49. The molecular weight excluding hydrogens is 236 g/mol. The van der Waals surface area contributed by atoms with Gasteiger partial charge in [-0.15, -0.1) is 0 Å². The van der Waals surface area contributed by atoms with Gasteiger partial charge in [-0.05, 0) is 19.9 Å². The number of nitrogens with zero attached hydrogens (tertiary/aromatic N) is 2. The van der Waals surface area contributed by atoms with Gasteiger partial charge in [0.15, 0.2) is 0 Å². The second-order valence-electron chi connectivity index (χ2n) is 4.08. The fraction of sp³-hybridized carbons (Fsp3) is 0.545. The highest BCUT2D eigenvalue weighted by Crippen LogP contribution is 2.11. The van der Waals surface area contributed by atoms with Gasteiger partial charge in [-0.2, -0.15) is 0 Å². The maximum absolute atomic E-state index is 10.5. The maximum Gasteiger partial charge on any atom is 0.287 e. The summed E-state index contributed by atoms with van der Waals surface area (Å²) in [5, 5.41) is 13.5. The standard InChI is InChI=1S/C11H18N4O3/c1-8(2)18-10(5-12)7-14-11-4-3-9(6-13-11)15(16)17/h3-4,6,8,10H,5,7,12H2,1-2H3,(H,13,14). The molecule has 0 aliphatic carbocycles. The monoisotopic (exact) mass is 254 g/mol. The zero-order chi connectivity index (χ0) is 13.5. The van der Waals surface area contributed by atoms with E-state index in [1.807, 2.05) is 13.8 Å². The first-order valence-corrected chi connectivity index (χ1v) is 5.72. The molecule has 0 aromatic carbocycles. The van der Waals surface area contributed by atoms with E-state index in [2.05, 4.69) is 10.3 Å². The number of nitrogens with one attached hydrogen (secondary N) is 1. The number of rotatable bonds is 7. The number of aromatic nitrogens is 1. The minimum absolute atomic E-state index is 0.0330. The molecule has 0 saturated heterocycles. The summed E-state index contributed by atoms with van der Waals surface area (Å²) in [7, 11) is 0. The molecule has 3 N–H and O–H groups in total. The van der Waals surface area contributed by atoms with Gasteiger partial charge < -0.3 is 15.8 Å². The Morgan fingerprint density at radius 2 is 2.28 bits per heavy atom. The molecule has 1 rings (SSSR count). The predicted molar refractivity (Wildman–Crippen MR) is 68.4 cm³/mol. The summed E-state index contributed by atoms with van der Waals surface area (Å²) in [5.41, 5.74) is 5.54. The Morgan fingerprint density at radius 3 is 2.72 bits per heavy atom. The molecule has 1 atom stereocenters. The smallest absolute Gasteiger partial charge is 0.287 e. The van der Waals surface area contributed by atoms with E-state index in [4.69, 9.17) is 10.5 Å². The molecule has 0 amide bonds. The lowest BCUT2D eigenvalue weighted by atomic mass is 10.3. The summed E-state index contributed by atoms with van der Waals surface area (Å²) < 4.78 is 5.56. The first-order chi connectivity index (χ1) is 8.52. The number of pyridine rings is 1. The van der Waals surface area contributed by atoms with Crippen LogP contribution in [0.2, 0.25) is 0 Å². The summed E-state index contributed by atoms with van der Waals surface area (Å²) in [6.07, 6.45) is 1.20. The molecule has 1 aromatic rings. The van der Waals surface area contributed by atoms with Crippen LogP contribution in [0.5, 0.6) is 0 Å². The van der Waals surface area contributed by atoms with Gasteiger partial charge in [-0.25, -0.2) is 4.98 Å². The van der Waals surface area contributed by atoms with Gasteiger partial charge in [-0.3, -0.25) is 10.1 Å². The molecular formula is C11H18N4O3. The Bertz CT molecular complexity index is 380. The van der Waals surface area contributed by atoms with E-state index in [1.54, 1.807) is 6.07 Å². The lowest BCUT2D eigenvalue weighted by Crippen LogP contribution is -2.33. The van der Waals surface area contributed by atoms with Crippen molar-refractivity contribution in [3.8, 4) is 0 Å². The van der Waals surface area contributed by atoms with Gasteiger partial charge in [0.25, 0.3) is 5.69 Å². The van der Waals surface area contributed by atoms with Crippen molar-refractivity contribution in [2.75, 3.05) is 18.4 Å². The van der Waals surface area contributed by atoms with Crippen LogP contribution < -0.4 is 11.1 Å². The van der Waals surface area contributed by atoms with Crippen molar-refractivity contribution in [3.05, 3.63) is 28.4 Å². The van der Waals surface area contributed by atoms with Crippen LogP contribution in [0.15, 0.2) is 18.3 Å². The van der Waals surface area contributed by atoms with Crippen molar-refractivity contribution in [2.45, 2.75) is 26.1 Å². The van der Waals surface area contributed by atoms with E-state index < -0.39 is 4.92 Å². The lowest BCUT2D eigenvalue weighted by molar-refractivity contribution is -0.385. The summed E-state index contributed by atoms with van der Waals surface area (Å²) in [6, 6.07) is 2.96. The molecule has 0 fully saturated rings. The first-order valence-electron chi connectivity index (χ1n) is 5.72. The van der Waals surface area contributed by atoms with Crippen molar-refractivity contribution in [1.29, 1.82) is 0 Å². The number of ether oxygens (including phenoxy) is 1. The quantitative estimate of drug-likeness (QED) is 0.559. The predicted octanol–water partition coefficient (Wildman–Crippen LogP) is 1.15. The fourth-order valence-electron chi connectivity index (χ4n) is 1.39. The third kappa shape index (κ3) is 4.64. The highest BCUT2D eigenvalue weighted by Gasteiger charge is 2.10. The summed E-state index contributed by atoms with van der Waals surface area (Å²) in [4.78, 5) is 13.9. The summed E-state index contributed by atoms with van der Waals surface area (Å²) >= 11 is 0. The van der Waals surface area contributed by atoms with E-state index in [0.717, 1.165) is 0 Å². The van der Waals surface area contributed by atoms with E-state index in [0.29, 0.717) is 18.9 Å². The molecule has 1 unspecified atom stereocenters. The third-order valence-corrected chi connectivity index (χ3v) is 2.20. The number of nitro groups is 1. The average molecular weight is 254 g/mol. The molecule has 0 spiro atoms. The maximum atomic E-state index is 10.5. The minimum atomic E-state index is -0.485. The van der Waals surface area contributed by atoms with Crippen molar-refractivity contribution >= 4 is 11.5 Å². The van der Waals surface area contributed by atoms with Crippen molar-refractivity contribution in [1.82, 2.24) is 4.98 Å². The van der Waals surface area contributed by atoms with E-state index in [9.17, 15) is 10.1 Å². The Hall–Kier alpha value is -1.73. The van der Waals surface area contributed by atoms with E-state index in [-0.39, 0.29) is 17.9 Å². The van der Waals surface area contributed by atoms with Crippen LogP contribution >= 0.6 is 0 Å². The topological polar surface area (TPSA) is 103 Å². The Labute approximate surface area is 105 Å². The molecule has 0 saturated carbocycles. The van der Waals surface area contributed by atoms with Crippen LogP contribution in [0, 0.1) is 10.1 Å². The number of nitrogens with two attached hydrogens (primary N) is 1. The van der Waals surface area contributed by atoms with Gasteiger partial charge in [0.05, 0.1) is 17.1 Å².